The zero-order valence-corrected chi connectivity index (χ0v) is 9.80. The molecule has 0 amide bonds. The molecule has 0 unspecified atom stereocenters. The van der Waals surface area contributed by atoms with E-state index < -0.39 is 5.82 Å². The first kappa shape index (κ1) is 12.4. The molecule has 0 heterocycles. The van der Waals surface area contributed by atoms with Crippen LogP contribution in [0.3, 0.4) is 0 Å². The minimum atomic E-state index is -0.464. The van der Waals surface area contributed by atoms with Gasteiger partial charge in [-0.2, -0.15) is 0 Å². The van der Waals surface area contributed by atoms with E-state index in [2.05, 4.69) is 25.7 Å². The fraction of sp³-hybridized carbons (Fsp3) is 0.385. The lowest BCUT2D eigenvalue weighted by Crippen LogP contribution is -1.95. The maximum atomic E-state index is 13.2. The summed E-state index contributed by atoms with van der Waals surface area (Å²) in [6, 6.07) is 2.76. The monoisotopic (exact) mass is 221 g/mol. The molecule has 0 fully saturated rings. The molecule has 0 saturated heterocycles. The topological polar surface area (TPSA) is 35.2 Å². The number of hydrogen-bond acceptors (Lipinski definition) is 2. The van der Waals surface area contributed by atoms with Crippen LogP contribution in [0, 0.1) is 23.6 Å². The number of benzene rings is 1. The quantitative estimate of drug-likeness (QED) is 0.615. The third-order valence-corrected chi connectivity index (χ3v) is 2.06. The summed E-state index contributed by atoms with van der Waals surface area (Å²) in [7, 11) is 1.42. The number of nitrogen functional groups attached to an aromatic ring is 1. The SMILES string of the molecule is COc1cc(C#CCC(C)C)c(N)cc1F. The highest BCUT2D eigenvalue weighted by molar-refractivity contribution is 5.59. The van der Waals surface area contributed by atoms with E-state index >= 15 is 0 Å². The number of methoxy groups -OCH3 is 1. The summed E-state index contributed by atoms with van der Waals surface area (Å²) >= 11 is 0. The minimum absolute atomic E-state index is 0.169. The third-order valence-electron chi connectivity index (χ3n) is 2.06. The Morgan fingerprint density at radius 2 is 2.12 bits per heavy atom. The molecule has 3 heteroatoms. The van der Waals surface area contributed by atoms with Crippen molar-refractivity contribution in [2.45, 2.75) is 20.3 Å². The Bertz CT molecular complexity index is 430. The smallest absolute Gasteiger partial charge is 0.167 e. The van der Waals surface area contributed by atoms with Crippen LogP contribution in [0.2, 0.25) is 0 Å². The maximum Gasteiger partial charge on any atom is 0.167 e. The maximum absolute atomic E-state index is 13.2. The van der Waals surface area contributed by atoms with Crippen LogP contribution < -0.4 is 10.5 Å². The summed E-state index contributed by atoms with van der Waals surface area (Å²) in [6.45, 7) is 4.17. The van der Waals surface area contributed by atoms with Crippen LogP contribution in [0.25, 0.3) is 0 Å². The van der Waals surface area contributed by atoms with Crippen molar-refractivity contribution in [1.29, 1.82) is 0 Å². The fourth-order valence-corrected chi connectivity index (χ4v) is 1.18. The van der Waals surface area contributed by atoms with Gasteiger partial charge in [-0.25, -0.2) is 4.39 Å². The summed E-state index contributed by atoms with van der Waals surface area (Å²) in [5.41, 5.74) is 6.62. The number of hydrogen-bond donors (Lipinski definition) is 1. The molecule has 16 heavy (non-hydrogen) atoms. The van der Waals surface area contributed by atoms with E-state index in [1.165, 1.54) is 19.2 Å². The molecule has 0 aromatic heterocycles. The molecule has 0 spiro atoms. The molecule has 0 saturated carbocycles. The number of rotatable bonds is 2. The van der Waals surface area contributed by atoms with Crippen LogP contribution in [0.15, 0.2) is 12.1 Å². The number of anilines is 1. The molecule has 2 N–H and O–H groups in total. The summed E-state index contributed by atoms with van der Waals surface area (Å²) < 4.78 is 18.1. The Labute approximate surface area is 95.6 Å². The zero-order valence-electron chi connectivity index (χ0n) is 9.80. The number of nitrogens with two attached hydrogens (primary N) is 1. The fourth-order valence-electron chi connectivity index (χ4n) is 1.18. The van der Waals surface area contributed by atoms with Crippen LogP contribution in [-0.4, -0.2) is 7.11 Å². The van der Waals surface area contributed by atoms with Gasteiger partial charge in [-0.05, 0) is 5.92 Å². The van der Waals surface area contributed by atoms with Crippen LogP contribution in [0.5, 0.6) is 5.75 Å². The Hall–Kier alpha value is -1.69. The molecule has 1 aromatic carbocycles. The van der Waals surface area contributed by atoms with Gasteiger partial charge in [0.05, 0.1) is 18.4 Å². The Morgan fingerprint density at radius 3 is 2.69 bits per heavy atom. The van der Waals surface area contributed by atoms with Crippen LogP contribution >= 0.6 is 0 Å². The van der Waals surface area contributed by atoms with Gasteiger partial charge < -0.3 is 10.5 Å². The third kappa shape index (κ3) is 3.16. The van der Waals surface area contributed by atoms with E-state index in [4.69, 9.17) is 10.5 Å². The summed E-state index contributed by atoms with van der Waals surface area (Å²) in [4.78, 5) is 0. The average Bonchev–Trinajstić information content (AvgIpc) is 2.20. The summed E-state index contributed by atoms with van der Waals surface area (Å²) in [5.74, 6) is 6.15. The van der Waals surface area contributed by atoms with E-state index in [1.807, 2.05) is 0 Å². The normalized spacial score (nSPS) is 9.81. The molecular formula is C13H16FNO. The number of ether oxygens (including phenoxy) is 1. The van der Waals surface area contributed by atoms with Crippen molar-refractivity contribution >= 4 is 5.69 Å². The molecule has 0 aliphatic rings. The standard InChI is InChI=1S/C13H16FNO/c1-9(2)5-4-6-10-7-13(16-3)11(14)8-12(10)15/h7-9H,5,15H2,1-3H3. The second-order valence-corrected chi connectivity index (χ2v) is 3.97. The largest absolute Gasteiger partial charge is 0.494 e. The molecule has 1 aromatic rings. The second kappa shape index (κ2) is 5.41. The lowest BCUT2D eigenvalue weighted by molar-refractivity contribution is 0.386. The van der Waals surface area contributed by atoms with Gasteiger partial charge in [0.2, 0.25) is 0 Å². The van der Waals surface area contributed by atoms with Crippen LogP contribution in [-0.2, 0) is 0 Å². The van der Waals surface area contributed by atoms with Gasteiger partial charge in [0.25, 0.3) is 0 Å². The van der Waals surface area contributed by atoms with E-state index in [-0.39, 0.29) is 5.75 Å². The molecule has 0 aliphatic heterocycles. The molecule has 86 valence electrons. The van der Waals surface area contributed by atoms with Crippen molar-refractivity contribution < 1.29 is 9.13 Å². The van der Waals surface area contributed by atoms with E-state index in [9.17, 15) is 4.39 Å². The van der Waals surface area contributed by atoms with Gasteiger partial charge in [0, 0.05) is 18.6 Å². The molecule has 2 nitrogen and oxygen atoms in total. The van der Waals surface area contributed by atoms with Gasteiger partial charge in [-0.3, -0.25) is 0 Å². The van der Waals surface area contributed by atoms with Gasteiger partial charge in [0.1, 0.15) is 0 Å². The lowest BCUT2D eigenvalue weighted by Gasteiger charge is -2.04. The van der Waals surface area contributed by atoms with Gasteiger partial charge in [-0.15, -0.1) is 0 Å². The van der Waals surface area contributed by atoms with Crippen molar-refractivity contribution in [3.05, 3.63) is 23.5 Å². The van der Waals surface area contributed by atoms with Crippen molar-refractivity contribution in [1.82, 2.24) is 0 Å². The highest BCUT2D eigenvalue weighted by Crippen LogP contribution is 2.23. The Kier molecular flexibility index (Phi) is 4.19. The van der Waals surface area contributed by atoms with Crippen LogP contribution in [0.4, 0.5) is 10.1 Å². The van der Waals surface area contributed by atoms with Gasteiger partial charge in [-0.1, -0.05) is 25.7 Å². The first-order valence-corrected chi connectivity index (χ1v) is 5.16. The number of halogens is 1. The van der Waals surface area contributed by atoms with Crippen molar-refractivity contribution in [3.63, 3.8) is 0 Å². The summed E-state index contributed by atoms with van der Waals surface area (Å²) in [6.07, 6.45) is 0.791. The van der Waals surface area contributed by atoms with E-state index in [0.29, 0.717) is 17.2 Å². The molecule has 0 atom stereocenters. The van der Waals surface area contributed by atoms with Crippen molar-refractivity contribution in [2.75, 3.05) is 12.8 Å². The molecule has 0 bridgehead atoms. The van der Waals surface area contributed by atoms with Crippen molar-refractivity contribution in [3.8, 4) is 17.6 Å². The van der Waals surface area contributed by atoms with Crippen LogP contribution in [0.1, 0.15) is 25.8 Å². The molecular weight excluding hydrogens is 205 g/mol. The Morgan fingerprint density at radius 1 is 1.44 bits per heavy atom. The van der Waals surface area contributed by atoms with E-state index in [1.54, 1.807) is 0 Å². The zero-order chi connectivity index (χ0) is 12.1. The average molecular weight is 221 g/mol. The lowest BCUT2D eigenvalue weighted by atomic mass is 10.1. The second-order valence-electron chi connectivity index (χ2n) is 3.97. The molecule has 1 rings (SSSR count). The van der Waals surface area contributed by atoms with Gasteiger partial charge in [0.15, 0.2) is 11.6 Å². The first-order valence-electron chi connectivity index (χ1n) is 5.16. The highest BCUT2D eigenvalue weighted by Gasteiger charge is 2.06. The van der Waals surface area contributed by atoms with Crippen molar-refractivity contribution in [2.24, 2.45) is 5.92 Å². The predicted octanol–water partition coefficient (Wildman–Crippen LogP) is 2.81. The predicted molar refractivity (Wildman–Crippen MR) is 63.7 cm³/mol. The highest BCUT2D eigenvalue weighted by atomic mass is 19.1. The minimum Gasteiger partial charge on any atom is -0.494 e. The van der Waals surface area contributed by atoms with Gasteiger partial charge >= 0.3 is 0 Å². The molecule has 0 aliphatic carbocycles. The first-order chi connectivity index (χ1) is 7.54. The Balaban J connectivity index is 2.98. The summed E-state index contributed by atoms with van der Waals surface area (Å²) in [5, 5.41) is 0. The molecule has 0 radical (unpaired) electrons. The van der Waals surface area contributed by atoms with E-state index in [0.717, 1.165) is 6.42 Å².